The van der Waals surface area contributed by atoms with Crippen LogP contribution < -0.4 is 4.90 Å². The van der Waals surface area contributed by atoms with Crippen LogP contribution in [0.4, 0.5) is 14.5 Å². The third-order valence-corrected chi connectivity index (χ3v) is 5.13. The maximum Gasteiger partial charge on any atom is 0.133 e. The van der Waals surface area contributed by atoms with E-state index in [1.807, 2.05) is 30.3 Å². The third-order valence-electron chi connectivity index (χ3n) is 5.13. The van der Waals surface area contributed by atoms with Crippen molar-refractivity contribution in [3.8, 4) is 11.1 Å². The van der Waals surface area contributed by atoms with E-state index in [1.54, 1.807) is 0 Å². The lowest BCUT2D eigenvalue weighted by atomic mass is 9.98. The Morgan fingerprint density at radius 3 is 2.15 bits per heavy atom. The molecule has 0 radical (unpaired) electrons. The van der Waals surface area contributed by atoms with Gasteiger partial charge in [0.05, 0.1) is 0 Å². The molecule has 1 aliphatic rings. The van der Waals surface area contributed by atoms with Crippen LogP contribution in [-0.4, -0.2) is 31.1 Å². The molecule has 2 nitrogen and oxygen atoms in total. The Kier molecular flexibility index (Phi) is 5.16. The number of benzene rings is 3. The molecule has 1 aliphatic heterocycles. The maximum atomic E-state index is 14.3. The summed E-state index contributed by atoms with van der Waals surface area (Å²) in [6.07, 6.45) is 0. The number of para-hydroxylation sites is 1. The van der Waals surface area contributed by atoms with Crippen LogP contribution in [0.5, 0.6) is 0 Å². The smallest absolute Gasteiger partial charge is 0.133 e. The van der Waals surface area contributed by atoms with Gasteiger partial charge in [0.1, 0.15) is 11.6 Å². The van der Waals surface area contributed by atoms with Crippen molar-refractivity contribution in [1.82, 2.24) is 4.90 Å². The van der Waals surface area contributed by atoms with Gasteiger partial charge in [-0.2, -0.15) is 0 Å². The molecule has 3 aromatic rings. The molecule has 0 spiro atoms. The predicted octanol–water partition coefficient (Wildman–Crippen LogP) is 4.95. The molecule has 0 amide bonds. The number of nitrogens with zero attached hydrogens (tertiary/aromatic N) is 2. The summed E-state index contributed by atoms with van der Waals surface area (Å²) in [5.41, 5.74) is 3.61. The number of rotatable bonds is 4. The Labute approximate surface area is 158 Å². The summed E-state index contributed by atoms with van der Waals surface area (Å²) in [6.45, 7) is 4.61. The zero-order chi connectivity index (χ0) is 18.6. The number of halogens is 2. The van der Waals surface area contributed by atoms with E-state index in [0.29, 0.717) is 5.56 Å². The molecule has 4 heteroatoms. The van der Waals surface area contributed by atoms with Crippen LogP contribution in [0.2, 0.25) is 0 Å². The fraction of sp³-hybridized carbons (Fsp3) is 0.217. The average Bonchev–Trinajstić information content (AvgIpc) is 2.70. The molecular formula is C23H22F2N2. The lowest BCUT2D eigenvalue weighted by Crippen LogP contribution is -2.46. The van der Waals surface area contributed by atoms with Gasteiger partial charge in [-0.25, -0.2) is 8.78 Å². The lowest BCUT2D eigenvalue weighted by Gasteiger charge is -2.36. The van der Waals surface area contributed by atoms with Crippen molar-refractivity contribution < 1.29 is 8.78 Å². The highest BCUT2D eigenvalue weighted by Crippen LogP contribution is 2.28. The summed E-state index contributed by atoms with van der Waals surface area (Å²) in [7, 11) is 0. The van der Waals surface area contributed by atoms with Crippen LogP contribution in [0.3, 0.4) is 0 Å². The lowest BCUT2D eigenvalue weighted by molar-refractivity contribution is 0.250. The van der Waals surface area contributed by atoms with E-state index in [4.69, 9.17) is 0 Å². The SMILES string of the molecule is Fc1ccc(-c2ccccc2CN2CCN(c3ccccc3)CC2)c(F)c1. The standard InChI is InChI=1S/C23H22F2N2/c24-19-10-11-22(23(25)16-19)21-9-5-4-6-18(21)17-26-12-14-27(15-13-26)20-7-2-1-3-8-20/h1-11,16H,12-15,17H2. The first-order chi connectivity index (χ1) is 13.2. The topological polar surface area (TPSA) is 6.48 Å². The second kappa shape index (κ2) is 7.89. The van der Waals surface area contributed by atoms with Crippen molar-refractivity contribution in [2.75, 3.05) is 31.1 Å². The number of hydrogen-bond donors (Lipinski definition) is 0. The molecule has 0 atom stereocenters. The van der Waals surface area contributed by atoms with Crippen molar-refractivity contribution >= 4 is 5.69 Å². The van der Waals surface area contributed by atoms with E-state index in [2.05, 4.69) is 34.1 Å². The minimum absolute atomic E-state index is 0.454. The van der Waals surface area contributed by atoms with Gasteiger partial charge in [-0.1, -0.05) is 42.5 Å². The first-order valence-electron chi connectivity index (χ1n) is 9.26. The Balaban J connectivity index is 1.48. The minimum Gasteiger partial charge on any atom is -0.369 e. The summed E-state index contributed by atoms with van der Waals surface area (Å²) in [6, 6.07) is 22.0. The molecule has 0 aromatic heterocycles. The Bertz CT molecular complexity index is 903. The molecular weight excluding hydrogens is 342 g/mol. The van der Waals surface area contributed by atoms with Crippen LogP contribution in [-0.2, 0) is 6.54 Å². The maximum absolute atomic E-state index is 14.3. The molecule has 0 unspecified atom stereocenters. The zero-order valence-electron chi connectivity index (χ0n) is 15.1. The molecule has 27 heavy (non-hydrogen) atoms. The van der Waals surface area contributed by atoms with E-state index in [0.717, 1.165) is 49.9 Å². The first kappa shape index (κ1) is 17.7. The van der Waals surface area contributed by atoms with E-state index in [-0.39, 0.29) is 0 Å². The molecule has 0 saturated carbocycles. The van der Waals surface area contributed by atoms with Gasteiger partial charge in [-0.05, 0) is 35.4 Å². The number of anilines is 1. The molecule has 1 fully saturated rings. The second-order valence-corrected chi connectivity index (χ2v) is 6.88. The molecule has 138 valence electrons. The van der Waals surface area contributed by atoms with Gasteiger partial charge in [0.25, 0.3) is 0 Å². The van der Waals surface area contributed by atoms with Crippen molar-refractivity contribution in [1.29, 1.82) is 0 Å². The fourth-order valence-corrected chi connectivity index (χ4v) is 3.67. The van der Waals surface area contributed by atoms with E-state index in [1.165, 1.54) is 17.8 Å². The molecule has 0 N–H and O–H groups in total. The molecule has 4 rings (SSSR count). The molecule has 3 aromatic carbocycles. The molecule has 0 aliphatic carbocycles. The highest BCUT2D eigenvalue weighted by Gasteiger charge is 2.19. The Morgan fingerprint density at radius 1 is 0.704 bits per heavy atom. The quantitative estimate of drug-likeness (QED) is 0.646. The predicted molar refractivity (Wildman–Crippen MR) is 106 cm³/mol. The van der Waals surface area contributed by atoms with Crippen molar-refractivity contribution in [3.63, 3.8) is 0 Å². The Hall–Kier alpha value is -2.72. The molecule has 1 heterocycles. The Morgan fingerprint density at radius 2 is 1.41 bits per heavy atom. The summed E-state index contributed by atoms with van der Waals surface area (Å²) in [5, 5.41) is 0. The average molecular weight is 364 g/mol. The minimum atomic E-state index is -0.550. The van der Waals surface area contributed by atoms with Crippen molar-refractivity contribution in [3.05, 3.63) is 90.0 Å². The van der Waals surface area contributed by atoms with Crippen molar-refractivity contribution in [2.45, 2.75) is 6.54 Å². The first-order valence-corrected chi connectivity index (χ1v) is 9.26. The third kappa shape index (κ3) is 4.01. The molecule has 0 bridgehead atoms. The highest BCUT2D eigenvalue weighted by molar-refractivity contribution is 5.68. The monoisotopic (exact) mass is 364 g/mol. The van der Waals surface area contributed by atoms with Gasteiger partial charge in [0.2, 0.25) is 0 Å². The van der Waals surface area contributed by atoms with Crippen LogP contribution in [0.25, 0.3) is 11.1 Å². The van der Waals surface area contributed by atoms with Gasteiger partial charge in [-0.3, -0.25) is 4.90 Å². The number of piperazine rings is 1. The van der Waals surface area contributed by atoms with Gasteiger partial charge < -0.3 is 4.90 Å². The van der Waals surface area contributed by atoms with Gasteiger partial charge in [-0.15, -0.1) is 0 Å². The second-order valence-electron chi connectivity index (χ2n) is 6.88. The van der Waals surface area contributed by atoms with E-state index in [9.17, 15) is 8.78 Å². The fourth-order valence-electron chi connectivity index (χ4n) is 3.67. The summed E-state index contributed by atoms with van der Waals surface area (Å²) >= 11 is 0. The summed E-state index contributed by atoms with van der Waals surface area (Å²) in [5.74, 6) is -1.07. The zero-order valence-corrected chi connectivity index (χ0v) is 15.1. The highest BCUT2D eigenvalue weighted by atomic mass is 19.1. The van der Waals surface area contributed by atoms with Crippen LogP contribution in [0.1, 0.15) is 5.56 Å². The van der Waals surface area contributed by atoms with Crippen LogP contribution >= 0.6 is 0 Å². The summed E-state index contributed by atoms with van der Waals surface area (Å²) < 4.78 is 27.5. The molecule has 1 saturated heterocycles. The van der Waals surface area contributed by atoms with Gasteiger partial charge >= 0.3 is 0 Å². The van der Waals surface area contributed by atoms with E-state index >= 15 is 0 Å². The van der Waals surface area contributed by atoms with E-state index < -0.39 is 11.6 Å². The number of hydrogen-bond acceptors (Lipinski definition) is 2. The normalized spacial score (nSPS) is 15.1. The largest absolute Gasteiger partial charge is 0.369 e. The summed E-state index contributed by atoms with van der Waals surface area (Å²) in [4.78, 5) is 4.78. The van der Waals surface area contributed by atoms with Crippen LogP contribution in [0.15, 0.2) is 72.8 Å². The van der Waals surface area contributed by atoms with Crippen LogP contribution in [0, 0.1) is 11.6 Å². The van der Waals surface area contributed by atoms with Gasteiger partial charge in [0, 0.05) is 50.0 Å². The van der Waals surface area contributed by atoms with Gasteiger partial charge in [0.15, 0.2) is 0 Å². The van der Waals surface area contributed by atoms with Crippen molar-refractivity contribution in [2.24, 2.45) is 0 Å².